The Morgan fingerprint density at radius 2 is 0.431 bits per heavy atom. The Kier molecular flexibility index (Phi) is 92.0. The first-order valence-corrected chi connectivity index (χ1v) is 52.4. The Balaban J connectivity index is 4.63. The molecule has 0 aliphatic rings. The van der Waals surface area contributed by atoms with Gasteiger partial charge in [0, 0.05) is 19.3 Å². The number of hydrogen-bond donors (Lipinski definition) is 4. The van der Waals surface area contributed by atoms with Crippen molar-refractivity contribution >= 4 is 33.6 Å². The first-order valence-electron chi connectivity index (χ1n) is 49.4. The van der Waals surface area contributed by atoms with Crippen molar-refractivity contribution in [3.8, 4) is 0 Å². The number of ether oxygens (including phenoxy) is 3. The maximum atomic E-state index is 13.1. The van der Waals surface area contributed by atoms with Crippen LogP contribution in [0.5, 0.6) is 0 Å². The van der Waals surface area contributed by atoms with E-state index in [0.29, 0.717) is 19.3 Å². The SMILES string of the molecule is CC/C=C\C/C=C\C/C=C\C/C=C\C/C=C\CCCCCCCCCCCCCCCCCC(=O)OCC(O)COP(=O)(O)OCC(O)COP(=O)(O)OCC(COC(=O)CCCCCCCCCCCCCCC/C=C\C/C=C\C/C=C\C/C=C\C/C=C\CC)OC(=O)CCCCCCCCCCCCC/C=C\C/C=C\C/C=C\C/C=C\CCCCC. The van der Waals surface area contributed by atoms with Crippen LogP contribution in [0.2, 0.25) is 0 Å². The van der Waals surface area contributed by atoms with Crippen molar-refractivity contribution in [2.24, 2.45) is 0 Å². The van der Waals surface area contributed by atoms with E-state index in [1.165, 1.54) is 193 Å². The fourth-order valence-corrected chi connectivity index (χ4v) is 15.1. The molecule has 0 saturated heterocycles. The number of aliphatic hydroxyl groups is 2. The highest BCUT2D eigenvalue weighted by molar-refractivity contribution is 7.47. The van der Waals surface area contributed by atoms with Gasteiger partial charge >= 0.3 is 33.6 Å². The van der Waals surface area contributed by atoms with Gasteiger partial charge in [0.1, 0.15) is 25.4 Å². The lowest BCUT2D eigenvalue weighted by Gasteiger charge is -2.21. The molecule has 0 saturated carbocycles. The second-order valence-corrected chi connectivity index (χ2v) is 35.7. The smallest absolute Gasteiger partial charge is 0.463 e. The summed E-state index contributed by atoms with van der Waals surface area (Å²) in [6, 6.07) is 0. The number of phosphoric acid groups is 2. The van der Waals surface area contributed by atoms with Gasteiger partial charge in [-0.2, -0.15) is 0 Å². The van der Waals surface area contributed by atoms with Gasteiger partial charge < -0.3 is 34.2 Å². The fourth-order valence-electron chi connectivity index (χ4n) is 13.5. The van der Waals surface area contributed by atoms with E-state index >= 15 is 0 Å². The fraction of sp³-hybridized carbons (Fsp3) is 0.705. The number of hydrogen-bond acceptors (Lipinski definition) is 14. The van der Waals surface area contributed by atoms with Crippen molar-refractivity contribution in [3.05, 3.63) is 170 Å². The van der Waals surface area contributed by atoms with E-state index in [9.17, 15) is 43.5 Å². The molecule has 0 radical (unpaired) electrons. The van der Waals surface area contributed by atoms with Gasteiger partial charge in [0.25, 0.3) is 0 Å². The minimum absolute atomic E-state index is 0.0976. The van der Waals surface area contributed by atoms with E-state index in [-0.39, 0.29) is 19.3 Å². The number of carbonyl (C=O) groups is 3. The van der Waals surface area contributed by atoms with Gasteiger partial charge in [0.2, 0.25) is 0 Å². The van der Waals surface area contributed by atoms with Gasteiger partial charge in [-0.1, -0.05) is 416 Å². The molecule has 0 bridgehead atoms. The summed E-state index contributed by atoms with van der Waals surface area (Å²) in [6.45, 7) is 2.49. The highest BCUT2D eigenvalue weighted by Gasteiger charge is 2.30. The summed E-state index contributed by atoms with van der Waals surface area (Å²) >= 11 is 0. The molecule has 0 aliphatic carbocycles. The zero-order valence-electron chi connectivity index (χ0n) is 78.1. The molecule has 0 heterocycles. The summed E-state index contributed by atoms with van der Waals surface area (Å²) in [5, 5.41) is 20.8. The van der Waals surface area contributed by atoms with E-state index in [1.54, 1.807) is 0 Å². The molecule has 0 aliphatic heterocycles. The van der Waals surface area contributed by atoms with Crippen LogP contribution < -0.4 is 0 Å². The molecule has 0 fully saturated rings. The van der Waals surface area contributed by atoms with Crippen molar-refractivity contribution in [1.29, 1.82) is 0 Å². The van der Waals surface area contributed by atoms with Crippen LogP contribution in [0.4, 0.5) is 0 Å². The lowest BCUT2D eigenvalue weighted by molar-refractivity contribution is -0.161. The minimum atomic E-state index is -4.95. The zero-order valence-corrected chi connectivity index (χ0v) is 79.9. The summed E-state index contributed by atoms with van der Waals surface area (Å²) in [6.07, 6.45) is 125. The highest BCUT2D eigenvalue weighted by atomic mass is 31.2. The predicted molar refractivity (Wildman–Crippen MR) is 519 cm³/mol. The summed E-state index contributed by atoms with van der Waals surface area (Å²) in [4.78, 5) is 59.2. The molecule has 0 amide bonds. The number of phosphoric ester groups is 2. The molecule has 0 aromatic rings. The third-order valence-corrected chi connectivity index (χ3v) is 22.8. The lowest BCUT2D eigenvalue weighted by atomic mass is 10.0. The number of carbonyl (C=O) groups excluding carboxylic acids is 3. The molecular formula is C105H180O16P2. The average molecular weight is 1760 g/mol. The Labute approximate surface area is 752 Å². The Morgan fingerprint density at radius 3 is 0.683 bits per heavy atom. The van der Waals surface area contributed by atoms with Crippen LogP contribution in [0.1, 0.15) is 419 Å². The Hall–Kier alpha value is -5.09. The van der Waals surface area contributed by atoms with E-state index < -0.39 is 91.5 Å². The van der Waals surface area contributed by atoms with E-state index in [1.807, 2.05) is 0 Å². The monoisotopic (exact) mass is 1760 g/mol. The van der Waals surface area contributed by atoms with Gasteiger partial charge in [-0.3, -0.25) is 32.5 Å². The summed E-state index contributed by atoms with van der Waals surface area (Å²) in [5.74, 6) is -1.57. The molecule has 0 aromatic carbocycles. The van der Waals surface area contributed by atoms with Crippen molar-refractivity contribution in [2.45, 2.75) is 437 Å². The van der Waals surface area contributed by atoms with Crippen molar-refractivity contribution in [3.63, 3.8) is 0 Å². The first kappa shape index (κ1) is 118. The second kappa shape index (κ2) is 96.0. The van der Waals surface area contributed by atoms with E-state index in [4.69, 9.17) is 32.3 Å². The number of aliphatic hydroxyl groups excluding tert-OH is 2. The van der Waals surface area contributed by atoms with Crippen LogP contribution in [0.15, 0.2) is 170 Å². The molecule has 16 nitrogen and oxygen atoms in total. The van der Waals surface area contributed by atoms with Crippen LogP contribution in [-0.4, -0.2) is 95.9 Å². The van der Waals surface area contributed by atoms with Crippen molar-refractivity contribution in [2.75, 3.05) is 39.6 Å². The molecule has 706 valence electrons. The standard InChI is InChI=1S/C105H180O16P2/c1-4-7-10-13-16-19-22-25-28-31-34-37-40-43-46-48-49-51-54-55-58-61-64-67-70-73-76-79-82-85-88-91-103(108)115-94-100(106)95-117-122(111,112)118-96-101(107)97-119-123(113,114)120-99-102(121-105(110)93-90-87-84-81-78-75-72-69-66-63-60-57-52-45-42-39-36-33-30-27-24-21-18-15-12-9-6-3)98-116-104(109)92-89-86-83-80-77-74-71-68-65-62-59-56-53-50-47-44-41-38-35-32-29-26-23-20-17-14-11-8-5-2/h7-8,10-11,16-21,25-30,34-39,43-47,52,100-102,106-107H,4-6,9,12-15,22-24,31-33,40-42,48-51,53-99H2,1-3H3,(H,111,112)(H,113,114)/b10-7-,11-8-,19-16-,20-17-,21-18-,28-25-,29-26-,30-27-,37-34-,38-35-,39-36-,46-43-,47-44-,52-45-. The molecular weight excluding hydrogens is 1580 g/mol. The normalized spacial score (nSPS) is 14.4. The van der Waals surface area contributed by atoms with Gasteiger partial charge in [-0.15, -0.1) is 0 Å². The third-order valence-electron chi connectivity index (χ3n) is 20.9. The summed E-state index contributed by atoms with van der Waals surface area (Å²) < 4.78 is 61.7. The number of rotatable bonds is 93. The van der Waals surface area contributed by atoms with Crippen LogP contribution in [0.25, 0.3) is 0 Å². The topological polar surface area (TPSA) is 231 Å². The first-order chi connectivity index (χ1) is 60.2. The van der Waals surface area contributed by atoms with E-state index in [2.05, 4.69) is 191 Å². The lowest BCUT2D eigenvalue weighted by Crippen LogP contribution is -2.30. The zero-order chi connectivity index (χ0) is 89.3. The van der Waals surface area contributed by atoms with Crippen LogP contribution >= 0.6 is 15.6 Å². The summed E-state index contributed by atoms with van der Waals surface area (Å²) in [5.41, 5.74) is 0. The summed E-state index contributed by atoms with van der Waals surface area (Å²) in [7, 11) is -9.82. The van der Waals surface area contributed by atoms with Crippen molar-refractivity contribution < 1.29 is 75.8 Å². The number of unbranched alkanes of at least 4 members (excludes halogenated alkanes) is 42. The number of allylic oxidation sites excluding steroid dienone is 28. The molecule has 123 heavy (non-hydrogen) atoms. The molecule has 0 spiro atoms. The van der Waals surface area contributed by atoms with E-state index in [0.717, 1.165) is 167 Å². The maximum absolute atomic E-state index is 13.1. The van der Waals surface area contributed by atoms with Gasteiger partial charge in [-0.25, -0.2) is 9.13 Å². The predicted octanol–water partition coefficient (Wildman–Crippen LogP) is 31.0. The van der Waals surface area contributed by atoms with Crippen LogP contribution in [-0.2, 0) is 55.8 Å². The molecule has 0 rings (SSSR count). The van der Waals surface area contributed by atoms with Crippen LogP contribution in [0.3, 0.4) is 0 Å². The van der Waals surface area contributed by atoms with Gasteiger partial charge in [-0.05, 0) is 154 Å². The number of esters is 3. The maximum Gasteiger partial charge on any atom is 0.472 e. The quantitative estimate of drug-likeness (QED) is 0.0146. The van der Waals surface area contributed by atoms with Gasteiger partial charge in [0.05, 0.1) is 26.4 Å². The second-order valence-electron chi connectivity index (χ2n) is 32.8. The van der Waals surface area contributed by atoms with Crippen molar-refractivity contribution in [1.82, 2.24) is 0 Å². The molecule has 5 unspecified atom stereocenters. The van der Waals surface area contributed by atoms with Crippen LogP contribution in [0, 0.1) is 0 Å². The largest absolute Gasteiger partial charge is 0.472 e. The molecule has 4 N–H and O–H groups in total. The average Bonchev–Trinajstić information content (AvgIpc) is 0.891. The Morgan fingerprint density at radius 1 is 0.236 bits per heavy atom. The molecule has 18 heteroatoms. The minimum Gasteiger partial charge on any atom is -0.463 e. The highest BCUT2D eigenvalue weighted by Crippen LogP contribution is 2.45. The molecule has 5 atom stereocenters. The van der Waals surface area contributed by atoms with Gasteiger partial charge in [0.15, 0.2) is 6.10 Å². The Bertz CT molecular complexity index is 2920. The third kappa shape index (κ3) is 97.4. The molecule has 0 aromatic heterocycles.